The number of hydrogen-bond donors (Lipinski definition) is 1. The van der Waals surface area contributed by atoms with Crippen molar-refractivity contribution in [3.63, 3.8) is 0 Å². The molecule has 0 amide bonds. The second-order valence-electron chi connectivity index (χ2n) is 6.78. The number of benzene rings is 2. The molecular formula is C22H18Cl3N5. The molecule has 152 valence electrons. The van der Waals surface area contributed by atoms with Crippen LogP contribution < -0.4 is 5.43 Å². The van der Waals surface area contributed by atoms with E-state index in [-0.39, 0.29) is 5.82 Å². The zero-order valence-electron chi connectivity index (χ0n) is 16.3. The summed E-state index contributed by atoms with van der Waals surface area (Å²) in [7, 11) is 0. The minimum Gasteiger partial charge on any atom is -0.318 e. The minimum atomic E-state index is -1.73. The highest BCUT2D eigenvalue weighted by Gasteiger charge is 2.28. The topological polar surface area (TPSA) is 55.1 Å². The number of aromatic nitrogens is 3. The molecule has 2 aromatic carbocycles. The molecule has 0 saturated heterocycles. The predicted molar refractivity (Wildman–Crippen MR) is 125 cm³/mol. The normalized spacial score (nSPS) is 12.0. The number of hydrazone groups is 1. The molecule has 30 heavy (non-hydrogen) atoms. The lowest BCUT2D eigenvalue weighted by Crippen LogP contribution is -2.09. The molecule has 4 rings (SSSR count). The summed E-state index contributed by atoms with van der Waals surface area (Å²) in [5, 5.41) is 5.17. The summed E-state index contributed by atoms with van der Waals surface area (Å²) in [6, 6.07) is 19.7. The molecule has 8 heteroatoms. The monoisotopic (exact) mass is 457 g/mol. The molecule has 0 saturated carbocycles. The van der Waals surface area contributed by atoms with Gasteiger partial charge in [-0.3, -0.25) is 5.43 Å². The Morgan fingerprint density at radius 3 is 2.40 bits per heavy atom. The van der Waals surface area contributed by atoms with Crippen molar-refractivity contribution in [1.82, 2.24) is 14.5 Å². The highest BCUT2D eigenvalue weighted by atomic mass is 35.6. The lowest BCUT2D eigenvalue weighted by Gasteiger charge is -2.12. The number of hydrogen-bond acceptors (Lipinski definition) is 4. The van der Waals surface area contributed by atoms with Crippen LogP contribution in [0.3, 0.4) is 0 Å². The van der Waals surface area contributed by atoms with Crippen LogP contribution in [-0.4, -0.2) is 20.7 Å². The van der Waals surface area contributed by atoms with E-state index in [9.17, 15) is 0 Å². The number of rotatable bonds is 4. The van der Waals surface area contributed by atoms with Gasteiger partial charge in [-0.1, -0.05) is 65.1 Å². The summed E-state index contributed by atoms with van der Waals surface area (Å²) in [5.74, 6) is 0.557. The van der Waals surface area contributed by atoms with Crippen molar-refractivity contribution in [3.8, 4) is 5.69 Å². The maximum atomic E-state index is 6.00. The lowest BCUT2D eigenvalue weighted by molar-refractivity contribution is 0.965. The number of halogens is 3. The standard InChI is InChI=1S/C22H18Cl3N5/c1-14-12-16(15(2)30(14)17-8-4-3-5-9-17)13-26-29-20-18-10-6-7-11-19(18)27-21(28-20)22(23,24)25/h3-13H,1-2H3,(H,27,28,29)/b26-13-. The SMILES string of the molecule is Cc1cc(/C=N\Nc2nc(C(Cl)(Cl)Cl)nc3ccccc23)c(C)n1-c1ccccc1. The molecule has 0 aliphatic rings. The van der Waals surface area contributed by atoms with E-state index in [0.29, 0.717) is 11.3 Å². The van der Waals surface area contributed by atoms with E-state index >= 15 is 0 Å². The van der Waals surface area contributed by atoms with E-state index in [2.05, 4.69) is 57.1 Å². The van der Waals surface area contributed by atoms with Gasteiger partial charge in [-0.25, -0.2) is 9.97 Å². The number of para-hydroxylation sites is 2. The van der Waals surface area contributed by atoms with Crippen LogP contribution in [0.1, 0.15) is 22.8 Å². The van der Waals surface area contributed by atoms with Crippen LogP contribution in [0.5, 0.6) is 0 Å². The Morgan fingerprint density at radius 2 is 1.67 bits per heavy atom. The minimum absolute atomic E-state index is 0.0890. The number of anilines is 1. The van der Waals surface area contributed by atoms with Gasteiger partial charge in [-0.2, -0.15) is 5.10 Å². The largest absolute Gasteiger partial charge is 0.318 e. The average molecular weight is 459 g/mol. The lowest BCUT2D eigenvalue weighted by atomic mass is 10.2. The number of fused-ring (bicyclic) bond motifs is 1. The Bertz CT molecular complexity index is 1230. The molecule has 0 aliphatic carbocycles. The number of alkyl halides is 3. The Labute approximate surface area is 189 Å². The predicted octanol–water partition coefficient (Wildman–Crippen LogP) is 6.31. The second kappa shape index (κ2) is 8.26. The number of nitrogens with one attached hydrogen (secondary N) is 1. The van der Waals surface area contributed by atoms with E-state index in [0.717, 1.165) is 28.0 Å². The van der Waals surface area contributed by atoms with E-state index < -0.39 is 3.79 Å². The maximum Gasteiger partial charge on any atom is 0.250 e. The quantitative estimate of drug-likeness (QED) is 0.221. The fraction of sp³-hybridized carbons (Fsp3) is 0.136. The molecule has 4 aromatic rings. The van der Waals surface area contributed by atoms with Crippen LogP contribution in [0.15, 0.2) is 65.8 Å². The van der Waals surface area contributed by atoms with Gasteiger partial charge >= 0.3 is 0 Å². The van der Waals surface area contributed by atoms with Crippen molar-refractivity contribution < 1.29 is 0 Å². The Balaban J connectivity index is 1.67. The first-order valence-electron chi connectivity index (χ1n) is 9.22. The first kappa shape index (κ1) is 20.7. The molecule has 2 heterocycles. The van der Waals surface area contributed by atoms with Crippen molar-refractivity contribution in [1.29, 1.82) is 0 Å². The van der Waals surface area contributed by atoms with Gasteiger partial charge in [0, 0.05) is 28.0 Å². The zero-order valence-corrected chi connectivity index (χ0v) is 18.5. The van der Waals surface area contributed by atoms with Gasteiger partial charge in [-0.05, 0) is 44.2 Å². The van der Waals surface area contributed by atoms with Crippen LogP contribution in [0.25, 0.3) is 16.6 Å². The molecule has 1 N–H and O–H groups in total. The Morgan fingerprint density at radius 1 is 0.967 bits per heavy atom. The van der Waals surface area contributed by atoms with Gasteiger partial charge < -0.3 is 4.57 Å². The molecule has 5 nitrogen and oxygen atoms in total. The zero-order chi connectivity index (χ0) is 21.3. The second-order valence-corrected chi connectivity index (χ2v) is 9.06. The maximum absolute atomic E-state index is 6.00. The third-order valence-electron chi connectivity index (χ3n) is 4.72. The van der Waals surface area contributed by atoms with E-state index in [1.54, 1.807) is 6.21 Å². The van der Waals surface area contributed by atoms with Crippen LogP contribution in [-0.2, 0) is 3.79 Å². The van der Waals surface area contributed by atoms with E-state index in [1.165, 1.54) is 0 Å². The summed E-state index contributed by atoms with van der Waals surface area (Å²) >= 11 is 18.0. The molecule has 2 aromatic heterocycles. The third kappa shape index (κ3) is 4.15. The first-order chi connectivity index (χ1) is 14.3. The van der Waals surface area contributed by atoms with Gasteiger partial charge in [-0.15, -0.1) is 0 Å². The molecule has 0 fully saturated rings. The van der Waals surface area contributed by atoms with Crippen LogP contribution in [0.2, 0.25) is 0 Å². The number of aryl methyl sites for hydroxylation is 1. The first-order valence-corrected chi connectivity index (χ1v) is 10.4. The molecule has 0 atom stereocenters. The fourth-order valence-corrected chi connectivity index (χ4v) is 3.60. The molecule has 0 unspecified atom stereocenters. The van der Waals surface area contributed by atoms with E-state index in [4.69, 9.17) is 34.8 Å². The third-order valence-corrected chi connectivity index (χ3v) is 5.22. The summed E-state index contributed by atoms with van der Waals surface area (Å²) in [4.78, 5) is 8.69. The van der Waals surface area contributed by atoms with Gasteiger partial charge in [0.25, 0.3) is 0 Å². The molecule has 0 spiro atoms. The highest BCUT2D eigenvalue weighted by Crippen LogP contribution is 2.37. The molecule has 0 radical (unpaired) electrons. The Hall–Kier alpha value is -2.60. The van der Waals surface area contributed by atoms with Gasteiger partial charge in [0.1, 0.15) is 0 Å². The molecule has 0 aliphatic heterocycles. The highest BCUT2D eigenvalue weighted by molar-refractivity contribution is 6.66. The fourth-order valence-electron chi connectivity index (χ4n) is 3.34. The van der Waals surface area contributed by atoms with Gasteiger partial charge in [0.15, 0.2) is 11.6 Å². The number of nitrogens with zero attached hydrogens (tertiary/aromatic N) is 4. The summed E-state index contributed by atoms with van der Waals surface area (Å²) in [5.41, 5.74) is 7.93. The Kier molecular flexibility index (Phi) is 5.69. The summed E-state index contributed by atoms with van der Waals surface area (Å²) < 4.78 is 0.452. The van der Waals surface area contributed by atoms with Crippen LogP contribution >= 0.6 is 34.8 Å². The average Bonchev–Trinajstić information content (AvgIpc) is 3.01. The summed E-state index contributed by atoms with van der Waals surface area (Å²) in [6.45, 7) is 4.12. The smallest absolute Gasteiger partial charge is 0.250 e. The van der Waals surface area contributed by atoms with Crippen molar-refractivity contribution in [2.45, 2.75) is 17.6 Å². The van der Waals surface area contributed by atoms with Crippen LogP contribution in [0, 0.1) is 13.8 Å². The molecular weight excluding hydrogens is 441 g/mol. The van der Waals surface area contributed by atoms with Crippen molar-refractivity contribution in [3.05, 3.63) is 83.4 Å². The van der Waals surface area contributed by atoms with E-state index in [1.807, 2.05) is 42.5 Å². The van der Waals surface area contributed by atoms with Crippen molar-refractivity contribution >= 4 is 57.7 Å². The van der Waals surface area contributed by atoms with Gasteiger partial charge in [0.05, 0.1) is 11.7 Å². The van der Waals surface area contributed by atoms with Crippen LogP contribution in [0.4, 0.5) is 5.82 Å². The van der Waals surface area contributed by atoms with Crippen molar-refractivity contribution in [2.24, 2.45) is 5.10 Å². The summed E-state index contributed by atoms with van der Waals surface area (Å²) in [6.07, 6.45) is 1.76. The van der Waals surface area contributed by atoms with Crippen molar-refractivity contribution in [2.75, 3.05) is 5.43 Å². The molecule has 0 bridgehead atoms. The van der Waals surface area contributed by atoms with Gasteiger partial charge in [0.2, 0.25) is 3.79 Å².